The molecule has 0 N–H and O–H groups in total. The van der Waals surface area contributed by atoms with Gasteiger partial charge in [0.05, 0.1) is 28.4 Å². The summed E-state index contributed by atoms with van der Waals surface area (Å²) in [6.45, 7) is 0.0385. The summed E-state index contributed by atoms with van der Waals surface area (Å²) in [5.41, 5.74) is 9.21. The lowest BCUT2D eigenvalue weighted by molar-refractivity contribution is 0.103. The molecule has 12 nitrogen and oxygen atoms in total. The summed E-state index contributed by atoms with van der Waals surface area (Å²) in [4.78, 5) is 51.9. The average Bonchev–Trinajstić information content (AvgIpc) is 1.28. The molecule has 14 rings (SSSR count). The molecule has 460 valence electrons. The number of hydrogen-bond donors (Lipinski definition) is 0. The van der Waals surface area contributed by atoms with Gasteiger partial charge in [-0.15, -0.1) is 0 Å². The number of rotatable bonds is 16. The Hall–Kier alpha value is -12.3. The molecule has 0 radical (unpaired) electrons. The highest BCUT2D eigenvalue weighted by atomic mass is 16.7. The fourth-order valence-electron chi connectivity index (χ4n) is 11.8. The Morgan fingerprint density at radius 1 is 0.309 bits per heavy atom. The zero-order valence-electron chi connectivity index (χ0n) is 51.7. The number of ether oxygens (including phenoxy) is 8. The van der Waals surface area contributed by atoms with E-state index in [-0.39, 0.29) is 36.7 Å². The number of hydrogen-bond acceptors (Lipinski definition) is 12. The van der Waals surface area contributed by atoms with Crippen molar-refractivity contribution in [3.05, 3.63) is 287 Å². The van der Waals surface area contributed by atoms with Crippen LogP contribution in [-0.4, -0.2) is 65.2 Å². The van der Waals surface area contributed by atoms with E-state index in [0.29, 0.717) is 56.8 Å². The SMILES string of the molecule is COc1ccc(C(=O)/C=C\c2cc3ccccc3c3c2OCOc2c(/C=C\C(=O)c4ccc(OC)cc4)cc4ccccc4c2-3)cc1.COc1ccc(C(=O)/C=C\c2ccc3c4c(ccc3c2)OCOc2ccc3cc(/C=C\C(=O)c5ccc(OC)cc5)ccc3c2-4)cc1. The highest BCUT2D eigenvalue weighted by Crippen LogP contribution is 2.51. The molecule has 0 amide bonds. The first kappa shape index (κ1) is 60.6. The second-order valence-electron chi connectivity index (χ2n) is 22.1. The third-order valence-corrected chi connectivity index (χ3v) is 16.6. The first-order valence-corrected chi connectivity index (χ1v) is 30.3. The molecule has 2 aliphatic heterocycles. The van der Waals surface area contributed by atoms with Crippen LogP contribution in [0.5, 0.6) is 46.0 Å². The standard InChI is InChI=1S/2C41H30O6/c1-44-32-13-7-28(8-14-32)36(42)19-5-26-3-17-34-30(23-26)11-21-38-40(34)41-35-18-4-27(24-31(35)12-22-39(41)47-25-46-38)6-20-37(43)29-9-15-33(45-2)16-10-29;1-44-32-17-11-26(12-18-32)36(42)21-15-30-23-28-7-3-5-9-34(28)38-39-35-10-6-4-8-29(35)24-31(41(39)47-25-46-40(30)38)16-22-37(43)27-13-19-33(45-2)20-14-27/h2*3-24H,25H2,1-2H3/b19-5-,20-6-;21-15-,22-16-. The molecule has 12 heteroatoms. The molecule has 0 unspecified atom stereocenters. The number of fused-ring (bicyclic) bond motifs is 14. The molecular formula is C82H60O12. The van der Waals surface area contributed by atoms with E-state index in [1.807, 2.05) is 97.1 Å². The molecule has 2 aliphatic rings. The summed E-state index contributed by atoms with van der Waals surface area (Å²) in [6, 6.07) is 68.6. The summed E-state index contributed by atoms with van der Waals surface area (Å²) in [7, 11) is 6.38. The minimum absolute atomic E-state index is 0.0583. The smallest absolute Gasteiger partial charge is 0.231 e. The van der Waals surface area contributed by atoms with Crippen LogP contribution >= 0.6 is 0 Å². The van der Waals surface area contributed by atoms with Gasteiger partial charge in [-0.2, -0.15) is 0 Å². The van der Waals surface area contributed by atoms with Crippen LogP contribution in [0.4, 0.5) is 0 Å². The quantitative estimate of drug-likeness (QED) is 0.0671. The van der Waals surface area contributed by atoms with E-state index < -0.39 is 0 Å². The zero-order chi connectivity index (χ0) is 64.7. The van der Waals surface area contributed by atoms with Crippen molar-refractivity contribution in [1.82, 2.24) is 0 Å². The Balaban J connectivity index is 0.000000171. The van der Waals surface area contributed by atoms with Gasteiger partial charge in [-0.25, -0.2) is 0 Å². The third kappa shape index (κ3) is 12.6. The van der Waals surface area contributed by atoms with Crippen molar-refractivity contribution in [2.45, 2.75) is 0 Å². The Labute approximate surface area is 542 Å². The summed E-state index contributed by atoms with van der Waals surface area (Å²) in [5, 5.41) is 7.96. The lowest BCUT2D eigenvalue weighted by Crippen LogP contribution is -2.05. The summed E-state index contributed by atoms with van der Waals surface area (Å²) in [5.74, 6) is 5.02. The van der Waals surface area contributed by atoms with Gasteiger partial charge >= 0.3 is 0 Å². The van der Waals surface area contributed by atoms with Crippen molar-refractivity contribution >= 4 is 90.5 Å². The summed E-state index contributed by atoms with van der Waals surface area (Å²) in [6.07, 6.45) is 13.5. The predicted octanol–water partition coefficient (Wildman–Crippen LogP) is 18.4. The number of ketones is 4. The van der Waals surface area contributed by atoms with Crippen molar-refractivity contribution in [2.75, 3.05) is 42.0 Å². The molecule has 2 heterocycles. The first-order valence-electron chi connectivity index (χ1n) is 30.3. The molecule has 12 aromatic carbocycles. The normalized spacial score (nSPS) is 12.3. The minimum Gasteiger partial charge on any atom is -0.497 e. The second-order valence-corrected chi connectivity index (χ2v) is 22.1. The van der Waals surface area contributed by atoms with E-state index in [1.165, 1.54) is 0 Å². The van der Waals surface area contributed by atoms with Crippen molar-refractivity contribution in [3.8, 4) is 68.2 Å². The van der Waals surface area contributed by atoms with Crippen LogP contribution in [0.3, 0.4) is 0 Å². The maximum Gasteiger partial charge on any atom is 0.231 e. The molecule has 12 aromatic rings. The molecule has 0 saturated heterocycles. The van der Waals surface area contributed by atoms with E-state index in [1.54, 1.807) is 162 Å². The highest BCUT2D eigenvalue weighted by molar-refractivity contribution is 6.16. The summed E-state index contributed by atoms with van der Waals surface area (Å²) < 4.78 is 45.7. The van der Waals surface area contributed by atoms with Crippen molar-refractivity contribution in [3.63, 3.8) is 0 Å². The lowest BCUT2D eigenvalue weighted by Gasteiger charge is -2.17. The molecule has 0 aromatic heterocycles. The minimum atomic E-state index is -0.140. The van der Waals surface area contributed by atoms with E-state index in [2.05, 4.69) is 36.4 Å². The van der Waals surface area contributed by atoms with Gasteiger partial charge in [0.15, 0.2) is 23.1 Å². The molecular weight excluding hydrogens is 1180 g/mol. The highest BCUT2D eigenvalue weighted by Gasteiger charge is 2.27. The molecule has 0 aliphatic carbocycles. The lowest BCUT2D eigenvalue weighted by atomic mass is 9.88. The third-order valence-electron chi connectivity index (χ3n) is 16.6. The first-order chi connectivity index (χ1) is 46.0. The Morgan fingerprint density at radius 3 is 0.968 bits per heavy atom. The van der Waals surface area contributed by atoms with Crippen LogP contribution in [-0.2, 0) is 0 Å². The topological polar surface area (TPSA) is 142 Å². The van der Waals surface area contributed by atoms with Crippen molar-refractivity contribution in [2.24, 2.45) is 0 Å². The van der Waals surface area contributed by atoms with E-state index >= 15 is 0 Å². The number of carbonyl (C=O) groups excluding carboxylic acids is 4. The number of allylic oxidation sites excluding steroid dienone is 4. The molecule has 0 spiro atoms. The van der Waals surface area contributed by atoms with Crippen LogP contribution < -0.4 is 37.9 Å². The van der Waals surface area contributed by atoms with Gasteiger partial charge in [0.2, 0.25) is 13.6 Å². The molecule has 0 saturated carbocycles. The Morgan fingerprint density at radius 2 is 0.617 bits per heavy atom. The molecule has 0 atom stereocenters. The number of carbonyl (C=O) groups is 4. The van der Waals surface area contributed by atoms with Crippen LogP contribution in [0.2, 0.25) is 0 Å². The monoisotopic (exact) mass is 1240 g/mol. The second kappa shape index (κ2) is 27.0. The van der Waals surface area contributed by atoms with Gasteiger partial charge < -0.3 is 37.9 Å². The van der Waals surface area contributed by atoms with Crippen LogP contribution in [0.1, 0.15) is 63.7 Å². The fraction of sp³-hybridized carbons (Fsp3) is 0.0732. The average molecular weight is 1240 g/mol. The van der Waals surface area contributed by atoms with Gasteiger partial charge in [0, 0.05) is 55.6 Å². The molecule has 0 fully saturated rings. The Kier molecular flexibility index (Phi) is 17.4. The van der Waals surface area contributed by atoms with Crippen molar-refractivity contribution < 1.29 is 57.1 Å². The maximum absolute atomic E-state index is 13.2. The predicted molar refractivity (Wildman–Crippen MR) is 371 cm³/mol. The van der Waals surface area contributed by atoms with E-state index in [9.17, 15) is 19.2 Å². The number of benzene rings is 12. The van der Waals surface area contributed by atoms with E-state index in [0.717, 1.165) is 99.1 Å². The van der Waals surface area contributed by atoms with Crippen LogP contribution in [0.25, 0.3) is 89.6 Å². The van der Waals surface area contributed by atoms with Crippen LogP contribution in [0.15, 0.2) is 243 Å². The maximum atomic E-state index is 13.2. The largest absolute Gasteiger partial charge is 0.497 e. The van der Waals surface area contributed by atoms with Gasteiger partial charge in [0.1, 0.15) is 46.0 Å². The van der Waals surface area contributed by atoms with Gasteiger partial charge in [0.25, 0.3) is 0 Å². The van der Waals surface area contributed by atoms with E-state index in [4.69, 9.17) is 37.9 Å². The van der Waals surface area contributed by atoms with Crippen LogP contribution in [0, 0.1) is 0 Å². The zero-order valence-corrected chi connectivity index (χ0v) is 51.7. The Bertz CT molecular complexity index is 4740. The molecule has 94 heavy (non-hydrogen) atoms. The van der Waals surface area contributed by atoms with Crippen molar-refractivity contribution in [1.29, 1.82) is 0 Å². The van der Waals surface area contributed by atoms with Gasteiger partial charge in [-0.3, -0.25) is 19.2 Å². The fourth-order valence-corrected chi connectivity index (χ4v) is 11.8. The number of methoxy groups -OCH3 is 4. The van der Waals surface area contributed by atoms with Gasteiger partial charge in [-0.1, -0.05) is 97.1 Å². The van der Waals surface area contributed by atoms with Gasteiger partial charge in [-0.05, 0) is 224 Å². The summed E-state index contributed by atoms with van der Waals surface area (Å²) >= 11 is 0. The molecule has 0 bridgehead atoms.